The zero-order chi connectivity index (χ0) is 48.1. The second-order valence-electron chi connectivity index (χ2n) is 26.6. The van der Waals surface area contributed by atoms with Gasteiger partial charge in [-0.2, -0.15) is 0 Å². The van der Waals surface area contributed by atoms with Crippen LogP contribution in [0, 0.1) is 74.9 Å². The molecule has 13 nitrogen and oxygen atoms in total. The van der Waals surface area contributed by atoms with E-state index in [1.54, 1.807) is 6.92 Å². The molecule has 4 saturated heterocycles. The lowest BCUT2D eigenvalue weighted by Gasteiger charge is -2.64. The van der Waals surface area contributed by atoms with E-state index in [1.807, 2.05) is 34.6 Å². The highest BCUT2D eigenvalue weighted by molar-refractivity contribution is 5.92. The summed E-state index contributed by atoms with van der Waals surface area (Å²) in [4.78, 5) is 26.1. The normalized spacial score (nSPS) is 57.7. The standard InChI is InChI=1S/C55H76N2O11/c1-26-32-14-15-33-34-13-11-30-17-38-40(21-49(30,8)52(34,63)23-42(60)51(32,33)25-65-54(26)45(62)27(2)46(4,5)67-54)57-37-16-29-10-12-31-35(48(29,7)20-39(37)56-38)18-41(59)50(9)36(31)19-44-53(50,64)28(3)55(66-44)43(61)22-47(6,24-58)68-55/h15,19,26-32,34-35,41,43-45,58-59,61-64H,10-14,16-18,20-25H2,1-9H3/t26?,27?,28?,29?,30?,31-,32-,34+,35?,41-,43-,44+,45?,47+,48+,49+,50-,51-,52?,53-,54-,55+/m0/s1. The Labute approximate surface area is 400 Å². The number of allylic oxidation sites excluding steroid dienone is 1. The summed E-state index contributed by atoms with van der Waals surface area (Å²) >= 11 is 0. The number of fused-ring (bicyclic) bond motifs is 13. The number of aliphatic hydroxyl groups is 6. The van der Waals surface area contributed by atoms with Crippen molar-refractivity contribution in [3.63, 3.8) is 0 Å². The maximum atomic E-state index is 15.0. The maximum Gasteiger partial charge on any atom is 0.201 e. The molecular weight excluding hydrogens is 865 g/mol. The molecule has 22 atom stereocenters. The highest BCUT2D eigenvalue weighted by Gasteiger charge is 2.80. The van der Waals surface area contributed by atoms with Crippen molar-refractivity contribution in [2.24, 2.45) is 74.9 Å². The van der Waals surface area contributed by atoms with E-state index in [4.69, 9.17) is 28.9 Å². The average molecular weight is 941 g/mol. The third kappa shape index (κ3) is 4.94. The van der Waals surface area contributed by atoms with Gasteiger partial charge in [0.05, 0.1) is 64.3 Å². The van der Waals surface area contributed by atoms with E-state index in [2.05, 4.69) is 32.9 Å². The molecule has 6 N–H and O–H groups in total. The van der Waals surface area contributed by atoms with Crippen LogP contribution in [-0.4, -0.2) is 118 Å². The molecule has 4 saturated carbocycles. The Morgan fingerprint density at radius 3 is 2.13 bits per heavy atom. The predicted octanol–water partition coefficient (Wildman–Crippen LogP) is 4.87. The van der Waals surface area contributed by atoms with Crippen molar-refractivity contribution >= 4 is 5.78 Å². The minimum atomic E-state index is -1.52. The second-order valence-corrected chi connectivity index (χ2v) is 26.6. The number of nitrogens with zero attached hydrogens (tertiary/aromatic N) is 2. The predicted molar refractivity (Wildman–Crippen MR) is 246 cm³/mol. The van der Waals surface area contributed by atoms with Gasteiger partial charge >= 0.3 is 0 Å². The number of Topliss-reactive ketones (excluding diaryl/α,β-unsaturated/α-hetero) is 1. The SMILES string of the molecule is CC1C(O)[C@@]2(OC[C@@]34C(=O)CC5(O)[C@H](CCC6Cc7nc8c(nc7C[C@]65C)CC5CC[C@@H]6C7=C[C@H]9O[C@@]%10(O[C@@](C)(CO)C[C@@H]%10O)C(C)[C@@]9(O)[C@]7(C)[C@@H](O)CC6[C@]5(C)C8)C3=CC[C@H]4C2C)OC1(C)C. The highest BCUT2D eigenvalue weighted by Crippen LogP contribution is 2.73. The van der Waals surface area contributed by atoms with Gasteiger partial charge in [0.2, 0.25) is 5.79 Å². The Morgan fingerprint density at radius 1 is 0.765 bits per heavy atom. The number of aliphatic hydroxyl groups excluding tert-OH is 4. The van der Waals surface area contributed by atoms with Gasteiger partial charge in [0, 0.05) is 47.3 Å². The molecule has 5 heterocycles. The molecule has 8 unspecified atom stereocenters. The summed E-state index contributed by atoms with van der Waals surface area (Å²) in [5.41, 5.74) is -0.724. The van der Waals surface area contributed by atoms with Crippen LogP contribution in [0.5, 0.6) is 0 Å². The van der Waals surface area contributed by atoms with Crippen LogP contribution in [0.3, 0.4) is 0 Å². The van der Waals surface area contributed by atoms with Gasteiger partial charge in [-0.3, -0.25) is 14.8 Å². The molecule has 0 bridgehead atoms. The molecule has 3 spiro atoms. The summed E-state index contributed by atoms with van der Waals surface area (Å²) < 4.78 is 26.4. The number of aromatic nitrogens is 2. The maximum absolute atomic E-state index is 15.0. The zero-order valence-electron chi connectivity index (χ0n) is 41.7. The highest BCUT2D eigenvalue weighted by atomic mass is 16.7. The Bertz CT molecular complexity index is 2480. The molecule has 1 aromatic rings. The number of rotatable bonds is 1. The van der Waals surface area contributed by atoms with Crippen LogP contribution in [0.25, 0.3) is 0 Å². The Morgan fingerprint density at radius 2 is 1.46 bits per heavy atom. The van der Waals surface area contributed by atoms with Crippen molar-refractivity contribution in [3.05, 3.63) is 46.1 Å². The lowest BCUT2D eigenvalue weighted by Crippen LogP contribution is -2.70. The number of hydrogen-bond acceptors (Lipinski definition) is 13. The largest absolute Gasteiger partial charge is 0.393 e. The lowest BCUT2D eigenvalue weighted by atomic mass is 9.42. The Balaban J connectivity index is 0.771. The number of hydrogen-bond donors (Lipinski definition) is 6. The fourth-order valence-electron chi connectivity index (χ4n) is 19.4. The van der Waals surface area contributed by atoms with E-state index in [0.29, 0.717) is 31.6 Å². The quantitative estimate of drug-likeness (QED) is 0.209. The molecule has 1 aromatic heterocycles. The van der Waals surface area contributed by atoms with Crippen LogP contribution < -0.4 is 0 Å². The van der Waals surface area contributed by atoms with Gasteiger partial charge in [0.1, 0.15) is 29.7 Å². The second kappa shape index (κ2) is 13.5. The fraction of sp³-hybridized carbons (Fsp3) is 0.836. The molecule has 4 aliphatic heterocycles. The van der Waals surface area contributed by atoms with Crippen molar-refractivity contribution in [2.45, 2.75) is 198 Å². The van der Waals surface area contributed by atoms with Gasteiger partial charge in [-0.15, -0.1) is 0 Å². The van der Waals surface area contributed by atoms with Crippen molar-refractivity contribution in [3.8, 4) is 0 Å². The summed E-state index contributed by atoms with van der Waals surface area (Å²) in [5.74, 6) is -3.13. The molecule has 13 heteroatoms. The number of carbonyl (C=O) groups excluding carboxylic acids is 1. The number of ether oxygens (including phenoxy) is 4. The van der Waals surface area contributed by atoms with E-state index < -0.39 is 80.6 Å². The molecule has 0 aromatic carbocycles. The van der Waals surface area contributed by atoms with E-state index in [-0.39, 0.29) is 78.7 Å². The number of ketones is 1. The van der Waals surface area contributed by atoms with Gasteiger partial charge in [-0.1, -0.05) is 64.8 Å². The van der Waals surface area contributed by atoms with Crippen LogP contribution in [0.15, 0.2) is 23.3 Å². The first-order valence-corrected chi connectivity index (χ1v) is 26.5. The summed E-state index contributed by atoms with van der Waals surface area (Å²) in [7, 11) is 0. The van der Waals surface area contributed by atoms with Crippen LogP contribution in [-0.2, 0) is 49.4 Å². The van der Waals surface area contributed by atoms with Gasteiger partial charge in [-0.25, -0.2) is 0 Å². The van der Waals surface area contributed by atoms with Gasteiger partial charge in [0.15, 0.2) is 5.79 Å². The first-order valence-electron chi connectivity index (χ1n) is 26.5. The van der Waals surface area contributed by atoms with Crippen LogP contribution >= 0.6 is 0 Å². The minimum absolute atomic E-state index is 0.0580. The first-order chi connectivity index (χ1) is 31.8. The van der Waals surface area contributed by atoms with Crippen molar-refractivity contribution < 1.29 is 54.4 Å². The van der Waals surface area contributed by atoms with Gasteiger partial charge < -0.3 is 49.6 Å². The topological polar surface area (TPSA) is 201 Å². The number of carbonyl (C=O) groups is 1. The third-order valence-electron chi connectivity index (χ3n) is 23.9. The zero-order valence-corrected chi connectivity index (χ0v) is 41.7. The molecule has 0 radical (unpaired) electrons. The van der Waals surface area contributed by atoms with Gasteiger partial charge in [0.25, 0.3) is 0 Å². The Hall–Kier alpha value is -2.17. The van der Waals surface area contributed by atoms with Gasteiger partial charge in [-0.05, 0) is 120 Å². The summed E-state index contributed by atoms with van der Waals surface area (Å²) in [6, 6.07) is 0. The average Bonchev–Trinajstić information content (AvgIpc) is 3.98. The smallest absolute Gasteiger partial charge is 0.201 e. The summed E-state index contributed by atoms with van der Waals surface area (Å²) in [6.07, 6.45) is 8.77. The molecule has 372 valence electrons. The third-order valence-corrected chi connectivity index (χ3v) is 23.9. The molecule has 8 fully saturated rings. The van der Waals surface area contributed by atoms with E-state index in [1.165, 1.54) is 0 Å². The fourth-order valence-corrected chi connectivity index (χ4v) is 19.4. The molecule has 13 rings (SSSR count). The summed E-state index contributed by atoms with van der Waals surface area (Å²) in [6.45, 7) is 18.2. The lowest BCUT2D eigenvalue weighted by molar-refractivity contribution is -0.337. The van der Waals surface area contributed by atoms with E-state index in [9.17, 15) is 30.6 Å². The molecule has 0 amide bonds. The molecule has 8 aliphatic carbocycles. The Kier molecular flexibility index (Phi) is 9.07. The van der Waals surface area contributed by atoms with Crippen LogP contribution in [0.1, 0.15) is 136 Å². The van der Waals surface area contributed by atoms with Crippen molar-refractivity contribution in [2.75, 3.05) is 13.2 Å². The first kappa shape index (κ1) is 45.7. The summed E-state index contributed by atoms with van der Waals surface area (Å²) in [5, 5.41) is 71.9. The molecule has 12 aliphatic rings. The minimum Gasteiger partial charge on any atom is -0.393 e. The van der Waals surface area contributed by atoms with Crippen molar-refractivity contribution in [1.29, 1.82) is 0 Å². The van der Waals surface area contributed by atoms with Crippen molar-refractivity contribution in [1.82, 2.24) is 9.97 Å². The van der Waals surface area contributed by atoms with Crippen LogP contribution in [0.4, 0.5) is 0 Å². The van der Waals surface area contributed by atoms with Crippen LogP contribution in [0.2, 0.25) is 0 Å². The molecule has 68 heavy (non-hydrogen) atoms. The van der Waals surface area contributed by atoms with E-state index >= 15 is 4.79 Å². The monoisotopic (exact) mass is 941 g/mol. The van der Waals surface area contributed by atoms with E-state index in [0.717, 1.165) is 72.4 Å². The molecular formula is C55H76N2O11.